The highest BCUT2D eigenvalue weighted by Crippen LogP contribution is 2.18. The van der Waals surface area contributed by atoms with Crippen LogP contribution in [-0.2, 0) is 16.0 Å². The number of nitrogens with one attached hydrogen (secondary N) is 2. The van der Waals surface area contributed by atoms with Gasteiger partial charge in [-0.2, -0.15) is 0 Å². The summed E-state index contributed by atoms with van der Waals surface area (Å²) in [7, 11) is 3.77. The molecule has 7 heteroatoms. The van der Waals surface area contributed by atoms with Crippen LogP contribution in [0.4, 0.5) is 14.9 Å². The molecule has 2 aromatic carbocycles. The first kappa shape index (κ1) is 23.3. The number of rotatable bonds is 7. The van der Waals surface area contributed by atoms with Gasteiger partial charge >= 0.3 is 6.09 Å². The zero-order valence-corrected chi connectivity index (χ0v) is 18.2. The van der Waals surface area contributed by atoms with Gasteiger partial charge in [-0.3, -0.25) is 10.1 Å². The molecule has 0 saturated heterocycles. The number of hydrogen-bond donors (Lipinski definition) is 2. The molecule has 0 radical (unpaired) electrons. The summed E-state index contributed by atoms with van der Waals surface area (Å²) in [5, 5.41) is 5.57. The molecular weight excluding hydrogens is 385 g/mol. The molecule has 2 aromatic rings. The third-order valence-corrected chi connectivity index (χ3v) is 4.31. The van der Waals surface area contributed by atoms with Gasteiger partial charge < -0.3 is 15.0 Å². The molecule has 2 amide bonds. The highest BCUT2D eigenvalue weighted by Gasteiger charge is 2.17. The van der Waals surface area contributed by atoms with E-state index in [0.29, 0.717) is 12.2 Å². The lowest BCUT2D eigenvalue weighted by atomic mass is 10.1. The van der Waals surface area contributed by atoms with Crippen molar-refractivity contribution in [1.29, 1.82) is 0 Å². The summed E-state index contributed by atoms with van der Waals surface area (Å²) >= 11 is 0. The van der Waals surface area contributed by atoms with Gasteiger partial charge in [-0.25, -0.2) is 9.18 Å². The van der Waals surface area contributed by atoms with Crippen LogP contribution in [0.3, 0.4) is 0 Å². The fraction of sp³-hybridized carbons (Fsp3) is 0.391. The molecule has 2 rings (SSSR count). The second-order valence-corrected chi connectivity index (χ2v) is 8.34. The molecule has 0 aliphatic rings. The van der Waals surface area contributed by atoms with Crippen LogP contribution < -0.4 is 10.6 Å². The number of amides is 2. The monoisotopic (exact) mass is 415 g/mol. The molecule has 0 spiro atoms. The Bertz CT molecular complexity index is 861. The number of anilines is 1. The van der Waals surface area contributed by atoms with E-state index in [2.05, 4.69) is 10.6 Å². The highest BCUT2D eigenvalue weighted by molar-refractivity contribution is 5.85. The van der Waals surface area contributed by atoms with E-state index in [-0.39, 0.29) is 24.2 Å². The van der Waals surface area contributed by atoms with Crippen LogP contribution in [0.5, 0.6) is 0 Å². The maximum absolute atomic E-state index is 13.5. The number of hydrogen-bond acceptors (Lipinski definition) is 4. The maximum atomic E-state index is 13.5. The van der Waals surface area contributed by atoms with E-state index in [1.54, 1.807) is 51.1 Å². The predicted octanol–water partition coefficient (Wildman–Crippen LogP) is 4.13. The van der Waals surface area contributed by atoms with Crippen LogP contribution in [-0.4, -0.2) is 43.1 Å². The van der Waals surface area contributed by atoms with Crippen molar-refractivity contribution in [3.63, 3.8) is 0 Å². The summed E-state index contributed by atoms with van der Waals surface area (Å²) in [6.45, 7) is 5.75. The number of nitrogens with zero attached hydrogens (tertiary/aromatic N) is 1. The van der Waals surface area contributed by atoms with Crippen LogP contribution in [0.25, 0.3) is 0 Å². The summed E-state index contributed by atoms with van der Waals surface area (Å²) in [4.78, 5) is 26.1. The molecule has 0 bridgehead atoms. The van der Waals surface area contributed by atoms with Crippen molar-refractivity contribution in [2.45, 2.75) is 38.8 Å². The molecule has 0 heterocycles. The Morgan fingerprint density at radius 2 is 1.77 bits per heavy atom. The molecule has 0 aliphatic carbocycles. The van der Waals surface area contributed by atoms with Crippen molar-refractivity contribution < 1.29 is 18.7 Å². The van der Waals surface area contributed by atoms with Gasteiger partial charge in [0.1, 0.15) is 11.4 Å². The SMILES string of the molecule is CN(C)C(CNC(=O)Cc1ccc(NC(=O)OC(C)(C)C)cc1)c1cccc(F)c1. The first-order chi connectivity index (χ1) is 14.0. The molecule has 0 aromatic heterocycles. The van der Waals surface area contributed by atoms with Gasteiger partial charge in [0.15, 0.2) is 0 Å². The van der Waals surface area contributed by atoms with E-state index in [1.807, 2.05) is 25.1 Å². The lowest BCUT2D eigenvalue weighted by Crippen LogP contribution is -2.35. The Hall–Kier alpha value is -2.93. The first-order valence-corrected chi connectivity index (χ1v) is 9.81. The van der Waals surface area contributed by atoms with E-state index in [9.17, 15) is 14.0 Å². The normalized spacial score (nSPS) is 12.4. The minimum atomic E-state index is -0.571. The van der Waals surface area contributed by atoms with E-state index in [4.69, 9.17) is 4.74 Å². The van der Waals surface area contributed by atoms with Gasteiger partial charge in [-0.05, 0) is 70.3 Å². The fourth-order valence-electron chi connectivity index (χ4n) is 2.90. The second-order valence-electron chi connectivity index (χ2n) is 8.34. The van der Waals surface area contributed by atoms with Crippen molar-refractivity contribution in [1.82, 2.24) is 10.2 Å². The lowest BCUT2D eigenvalue weighted by molar-refractivity contribution is -0.120. The topological polar surface area (TPSA) is 70.7 Å². The van der Waals surface area contributed by atoms with Gasteiger partial charge in [0.25, 0.3) is 0 Å². The molecule has 162 valence electrons. The minimum Gasteiger partial charge on any atom is -0.444 e. The molecule has 0 aliphatic heterocycles. The van der Waals surface area contributed by atoms with Crippen molar-refractivity contribution >= 4 is 17.7 Å². The number of benzene rings is 2. The predicted molar refractivity (Wildman–Crippen MR) is 116 cm³/mol. The molecule has 1 unspecified atom stereocenters. The van der Waals surface area contributed by atoms with Gasteiger partial charge in [0.05, 0.1) is 12.5 Å². The minimum absolute atomic E-state index is 0.133. The molecule has 1 atom stereocenters. The molecule has 30 heavy (non-hydrogen) atoms. The summed E-state index contributed by atoms with van der Waals surface area (Å²) in [5.74, 6) is -0.433. The Labute approximate surface area is 177 Å². The summed E-state index contributed by atoms with van der Waals surface area (Å²) in [5.41, 5.74) is 1.64. The third kappa shape index (κ3) is 7.83. The second kappa shape index (κ2) is 10.2. The zero-order chi connectivity index (χ0) is 22.3. The van der Waals surface area contributed by atoms with Gasteiger partial charge in [0, 0.05) is 12.2 Å². The fourth-order valence-corrected chi connectivity index (χ4v) is 2.90. The molecule has 2 N–H and O–H groups in total. The third-order valence-electron chi connectivity index (χ3n) is 4.31. The lowest BCUT2D eigenvalue weighted by Gasteiger charge is -2.25. The quantitative estimate of drug-likeness (QED) is 0.713. The Morgan fingerprint density at radius 1 is 1.10 bits per heavy atom. The maximum Gasteiger partial charge on any atom is 0.412 e. The molecule has 0 saturated carbocycles. The number of likely N-dealkylation sites (N-methyl/N-ethyl adjacent to an activating group) is 1. The summed E-state index contributed by atoms with van der Waals surface area (Å²) < 4.78 is 18.7. The standard InChI is InChI=1S/C23H30FN3O3/c1-23(2,3)30-22(29)26-19-11-9-16(10-12-19)13-21(28)25-15-20(27(4)5)17-7-6-8-18(24)14-17/h6-12,14,20H,13,15H2,1-5H3,(H,25,28)(H,26,29). The van der Waals surface area contributed by atoms with E-state index in [0.717, 1.165) is 11.1 Å². The largest absolute Gasteiger partial charge is 0.444 e. The molecular formula is C23H30FN3O3. The van der Waals surface area contributed by atoms with Gasteiger partial charge in [-0.1, -0.05) is 24.3 Å². The summed E-state index contributed by atoms with van der Waals surface area (Å²) in [6, 6.07) is 13.3. The van der Waals surface area contributed by atoms with Crippen LogP contribution in [0, 0.1) is 5.82 Å². The van der Waals surface area contributed by atoms with Crippen molar-refractivity contribution in [3.8, 4) is 0 Å². The number of ether oxygens (including phenoxy) is 1. The highest BCUT2D eigenvalue weighted by atomic mass is 19.1. The van der Waals surface area contributed by atoms with Crippen LogP contribution in [0.15, 0.2) is 48.5 Å². The smallest absolute Gasteiger partial charge is 0.412 e. The molecule has 0 fully saturated rings. The van der Waals surface area contributed by atoms with Crippen LogP contribution in [0.1, 0.15) is 37.9 Å². The average Bonchev–Trinajstić information content (AvgIpc) is 2.61. The average molecular weight is 416 g/mol. The van der Waals surface area contributed by atoms with Gasteiger partial charge in [0.2, 0.25) is 5.91 Å². The van der Waals surface area contributed by atoms with Crippen molar-refractivity contribution in [2.75, 3.05) is 26.0 Å². The van der Waals surface area contributed by atoms with E-state index in [1.165, 1.54) is 12.1 Å². The number of halogens is 1. The molecule has 6 nitrogen and oxygen atoms in total. The Morgan fingerprint density at radius 3 is 2.33 bits per heavy atom. The number of carbonyl (C=O) groups excluding carboxylic acids is 2. The Kier molecular flexibility index (Phi) is 7.94. The van der Waals surface area contributed by atoms with Crippen LogP contribution >= 0.6 is 0 Å². The van der Waals surface area contributed by atoms with Gasteiger partial charge in [-0.15, -0.1) is 0 Å². The van der Waals surface area contributed by atoms with Crippen molar-refractivity contribution in [2.24, 2.45) is 0 Å². The van der Waals surface area contributed by atoms with E-state index < -0.39 is 11.7 Å². The van der Waals surface area contributed by atoms with Crippen molar-refractivity contribution in [3.05, 3.63) is 65.5 Å². The first-order valence-electron chi connectivity index (χ1n) is 9.81. The number of carbonyl (C=O) groups is 2. The summed E-state index contributed by atoms with van der Waals surface area (Å²) in [6.07, 6.45) is -0.323. The Balaban J connectivity index is 1.89. The van der Waals surface area contributed by atoms with E-state index >= 15 is 0 Å². The van der Waals surface area contributed by atoms with Crippen LogP contribution in [0.2, 0.25) is 0 Å². The zero-order valence-electron chi connectivity index (χ0n) is 18.2.